The lowest BCUT2D eigenvalue weighted by Gasteiger charge is -2.29. The highest BCUT2D eigenvalue weighted by Gasteiger charge is 2.31. The lowest BCUT2D eigenvalue weighted by molar-refractivity contribution is -0.124. The molecule has 1 fully saturated rings. The first-order chi connectivity index (χ1) is 17.0. The average molecular weight is 475 g/mol. The Bertz CT molecular complexity index is 1150. The highest BCUT2D eigenvalue weighted by Crippen LogP contribution is 2.27. The first kappa shape index (κ1) is 24.2. The Balaban J connectivity index is 1.37. The molecule has 182 valence electrons. The lowest BCUT2D eigenvalue weighted by atomic mass is 9.83. The fraction of sp³-hybridized carbons (Fsp3) is 0.333. The molecule has 2 aromatic heterocycles. The zero-order chi connectivity index (χ0) is 24.6. The molecule has 3 amide bonds. The minimum Gasteiger partial charge on any atom is -0.451 e. The Kier molecular flexibility index (Phi) is 7.92. The summed E-state index contributed by atoms with van der Waals surface area (Å²) in [6, 6.07) is 15.5. The third kappa shape index (κ3) is 6.15. The molecule has 0 spiro atoms. The van der Waals surface area contributed by atoms with E-state index in [0.29, 0.717) is 18.0 Å². The van der Waals surface area contributed by atoms with E-state index < -0.39 is 11.9 Å². The molecule has 8 nitrogen and oxygen atoms in total. The van der Waals surface area contributed by atoms with Gasteiger partial charge in [0, 0.05) is 25.4 Å². The molecular formula is C27H30N4O4. The summed E-state index contributed by atoms with van der Waals surface area (Å²) in [6.45, 7) is 0.365. The van der Waals surface area contributed by atoms with Gasteiger partial charge in [-0.05, 0) is 48.6 Å². The summed E-state index contributed by atoms with van der Waals surface area (Å²) in [6.07, 6.45) is 6.74. The number of hydrogen-bond acceptors (Lipinski definition) is 5. The molecule has 0 aliphatic heterocycles. The molecule has 2 heterocycles. The van der Waals surface area contributed by atoms with Crippen molar-refractivity contribution in [1.29, 1.82) is 0 Å². The van der Waals surface area contributed by atoms with Gasteiger partial charge in [-0.1, -0.05) is 49.6 Å². The van der Waals surface area contributed by atoms with Crippen molar-refractivity contribution >= 4 is 17.7 Å². The molecule has 0 radical (unpaired) electrons. The molecule has 8 heteroatoms. The van der Waals surface area contributed by atoms with E-state index in [1.165, 1.54) is 6.42 Å². The van der Waals surface area contributed by atoms with Gasteiger partial charge in [0.05, 0.1) is 0 Å². The van der Waals surface area contributed by atoms with Gasteiger partial charge < -0.3 is 20.4 Å². The highest BCUT2D eigenvalue weighted by molar-refractivity contribution is 5.96. The summed E-state index contributed by atoms with van der Waals surface area (Å²) in [5.74, 6) is 0.0317. The molecule has 1 aliphatic carbocycles. The Morgan fingerprint density at radius 3 is 2.43 bits per heavy atom. The Labute approximate surface area is 204 Å². The van der Waals surface area contributed by atoms with Gasteiger partial charge in [-0.15, -0.1) is 0 Å². The van der Waals surface area contributed by atoms with E-state index in [-0.39, 0.29) is 23.5 Å². The summed E-state index contributed by atoms with van der Waals surface area (Å²) in [5.41, 5.74) is 2.09. The van der Waals surface area contributed by atoms with Gasteiger partial charge in [-0.3, -0.25) is 19.4 Å². The van der Waals surface area contributed by atoms with Gasteiger partial charge in [0.15, 0.2) is 5.76 Å². The van der Waals surface area contributed by atoms with Gasteiger partial charge in [0.2, 0.25) is 5.91 Å². The van der Waals surface area contributed by atoms with Crippen molar-refractivity contribution in [2.45, 2.75) is 44.7 Å². The first-order valence-corrected chi connectivity index (χ1v) is 12.0. The largest absolute Gasteiger partial charge is 0.451 e. The number of nitrogens with zero attached hydrogens (tertiary/aromatic N) is 1. The lowest BCUT2D eigenvalue weighted by Crippen LogP contribution is -2.50. The van der Waals surface area contributed by atoms with Crippen LogP contribution in [-0.4, -0.2) is 35.8 Å². The zero-order valence-corrected chi connectivity index (χ0v) is 19.8. The number of carbonyl (C=O) groups is 3. The van der Waals surface area contributed by atoms with Crippen LogP contribution in [0.1, 0.15) is 58.7 Å². The van der Waals surface area contributed by atoms with Crippen LogP contribution >= 0.6 is 0 Å². The van der Waals surface area contributed by atoms with E-state index in [1.807, 2.05) is 24.3 Å². The van der Waals surface area contributed by atoms with Crippen LogP contribution < -0.4 is 16.0 Å². The zero-order valence-electron chi connectivity index (χ0n) is 19.8. The topological polar surface area (TPSA) is 113 Å². The summed E-state index contributed by atoms with van der Waals surface area (Å²) in [7, 11) is 1.59. The maximum atomic E-state index is 12.9. The molecule has 3 aromatic rings. The molecule has 1 aromatic carbocycles. The van der Waals surface area contributed by atoms with Gasteiger partial charge >= 0.3 is 0 Å². The molecule has 0 bridgehead atoms. The van der Waals surface area contributed by atoms with Crippen LogP contribution in [0.2, 0.25) is 0 Å². The number of likely N-dealkylation sites (N-methyl/N-ethyl adjacent to an activating group) is 1. The van der Waals surface area contributed by atoms with Gasteiger partial charge in [0.1, 0.15) is 17.5 Å². The monoisotopic (exact) mass is 474 g/mol. The van der Waals surface area contributed by atoms with Crippen LogP contribution in [0.5, 0.6) is 0 Å². The predicted molar refractivity (Wildman–Crippen MR) is 131 cm³/mol. The van der Waals surface area contributed by atoms with Crippen LogP contribution in [0.4, 0.5) is 0 Å². The van der Waals surface area contributed by atoms with Crippen molar-refractivity contribution in [3.05, 3.63) is 77.8 Å². The number of amides is 3. The number of hydrogen-bond donors (Lipinski definition) is 3. The number of carbonyl (C=O) groups excluding carboxylic acids is 3. The van der Waals surface area contributed by atoms with E-state index >= 15 is 0 Å². The maximum Gasteiger partial charge on any atom is 0.287 e. The van der Waals surface area contributed by atoms with E-state index in [1.54, 1.807) is 43.6 Å². The molecule has 1 unspecified atom stereocenters. The summed E-state index contributed by atoms with van der Waals surface area (Å²) >= 11 is 0. The second kappa shape index (κ2) is 11.5. The molecular weight excluding hydrogens is 444 g/mol. The normalized spacial score (nSPS) is 14.7. The number of nitrogens with one attached hydrogen (secondary N) is 3. The summed E-state index contributed by atoms with van der Waals surface area (Å²) < 4.78 is 5.81. The Morgan fingerprint density at radius 2 is 1.74 bits per heavy atom. The SMILES string of the molecule is CNC(=O)C(NC(=O)c1ccc(-c2ccc(CNC(=O)c3ccccn3)cc2)o1)C1CCCCC1. The average Bonchev–Trinajstić information content (AvgIpc) is 3.42. The molecule has 1 atom stereocenters. The first-order valence-electron chi connectivity index (χ1n) is 12.0. The number of pyridine rings is 1. The highest BCUT2D eigenvalue weighted by atomic mass is 16.4. The number of benzene rings is 1. The molecule has 4 rings (SSSR count). The van der Waals surface area contributed by atoms with Crippen molar-refractivity contribution < 1.29 is 18.8 Å². The van der Waals surface area contributed by atoms with Gasteiger partial charge in [0.25, 0.3) is 11.8 Å². The number of aromatic nitrogens is 1. The molecule has 1 aliphatic rings. The third-order valence-electron chi connectivity index (χ3n) is 6.36. The third-order valence-corrected chi connectivity index (χ3v) is 6.36. The standard InChI is InChI=1S/C27H30N4O4/c1-28-27(34)24(20-7-3-2-4-8-20)31-26(33)23-15-14-22(35-23)19-12-10-18(11-13-19)17-30-25(32)21-9-5-6-16-29-21/h5-6,9-16,20,24H,2-4,7-8,17H2,1H3,(H,28,34)(H,30,32)(H,31,33). The summed E-state index contributed by atoms with van der Waals surface area (Å²) in [4.78, 5) is 41.5. The molecule has 1 saturated carbocycles. The predicted octanol–water partition coefficient (Wildman–Crippen LogP) is 3.70. The smallest absolute Gasteiger partial charge is 0.287 e. The van der Waals surface area contributed by atoms with Gasteiger partial charge in [-0.2, -0.15) is 0 Å². The Morgan fingerprint density at radius 1 is 0.971 bits per heavy atom. The second-order valence-corrected chi connectivity index (χ2v) is 8.72. The fourth-order valence-electron chi connectivity index (χ4n) is 4.40. The van der Waals surface area contributed by atoms with Crippen molar-refractivity contribution in [3.8, 4) is 11.3 Å². The van der Waals surface area contributed by atoms with Crippen LogP contribution in [0, 0.1) is 5.92 Å². The maximum absolute atomic E-state index is 12.9. The number of furan rings is 1. The van der Waals surface area contributed by atoms with E-state index in [0.717, 1.165) is 36.8 Å². The van der Waals surface area contributed by atoms with Crippen LogP contribution in [0.25, 0.3) is 11.3 Å². The van der Waals surface area contributed by atoms with Crippen LogP contribution in [0.15, 0.2) is 65.2 Å². The van der Waals surface area contributed by atoms with E-state index in [2.05, 4.69) is 20.9 Å². The van der Waals surface area contributed by atoms with Crippen LogP contribution in [0.3, 0.4) is 0 Å². The molecule has 0 saturated heterocycles. The summed E-state index contributed by atoms with van der Waals surface area (Å²) in [5, 5.41) is 8.39. The quantitative estimate of drug-likeness (QED) is 0.461. The van der Waals surface area contributed by atoms with Crippen molar-refractivity contribution in [2.24, 2.45) is 5.92 Å². The minimum atomic E-state index is -0.568. The van der Waals surface area contributed by atoms with Crippen molar-refractivity contribution in [3.63, 3.8) is 0 Å². The van der Waals surface area contributed by atoms with Crippen LogP contribution in [-0.2, 0) is 11.3 Å². The molecule has 3 N–H and O–H groups in total. The van der Waals surface area contributed by atoms with E-state index in [9.17, 15) is 14.4 Å². The second-order valence-electron chi connectivity index (χ2n) is 8.72. The number of rotatable bonds is 8. The van der Waals surface area contributed by atoms with Crippen molar-refractivity contribution in [2.75, 3.05) is 7.05 Å². The Hall–Kier alpha value is -3.94. The van der Waals surface area contributed by atoms with Gasteiger partial charge in [-0.25, -0.2) is 0 Å². The molecule has 35 heavy (non-hydrogen) atoms. The minimum absolute atomic E-state index is 0.132. The van der Waals surface area contributed by atoms with E-state index in [4.69, 9.17) is 4.42 Å². The van der Waals surface area contributed by atoms with Crippen molar-refractivity contribution in [1.82, 2.24) is 20.9 Å². The fourth-order valence-corrected chi connectivity index (χ4v) is 4.40.